The molecular weight excluding hydrogens is 310 g/mol. The number of nitrogens with zero attached hydrogens (tertiary/aromatic N) is 3. The molecule has 2 aliphatic heterocycles. The van der Waals surface area contributed by atoms with Crippen molar-refractivity contribution in [3.05, 3.63) is 0 Å². The summed E-state index contributed by atoms with van der Waals surface area (Å²) in [5.74, 6) is 3.13. The first kappa shape index (κ1) is 20.5. The molecule has 3 atom stereocenters. The molecule has 3 unspecified atom stereocenters. The summed E-state index contributed by atoms with van der Waals surface area (Å²) in [5.41, 5.74) is 0. The lowest BCUT2D eigenvalue weighted by Gasteiger charge is -2.34. The van der Waals surface area contributed by atoms with Gasteiger partial charge in [-0.15, -0.1) is 0 Å². The van der Waals surface area contributed by atoms with Gasteiger partial charge >= 0.3 is 0 Å². The highest BCUT2D eigenvalue weighted by molar-refractivity contribution is 5.80. The lowest BCUT2D eigenvalue weighted by Crippen LogP contribution is -2.49. The fraction of sp³-hybridized carbons (Fsp3) is 0.950. The van der Waals surface area contributed by atoms with Crippen LogP contribution in [0.15, 0.2) is 4.99 Å². The van der Waals surface area contributed by atoms with Crippen molar-refractivity contribution < 1.29 is 0 Å². The summed E-state index contributed by atoms with van der Waals surface area (Å²) in [6.07, 6.45) is 2.66. The summed E-state index contributed by atoms with van der Waals surface area (Å²) in [5, 5.41) is 7.27. The molecule has 25 heavy (non-hydrogen) atoms. The minimum Gasteiger partial charge on any atom is -0.356 e. The molecule has 0 amide bonds. The van der Waals surface area contributed by atoms with E-state index >= 15 is 0 Å². The summed E-state index contributed by atoms with van der Waals surface area (Å²) >= 11 is 0. The van der Waals surface area contributed by atoms with Crippen LogP contribution >= 0.6 is 0 Å². The zero-order valence-electron chi connectivity index (χ0n) is 17.4. The Morgan fingerprint density at radius 2 is 1.92 bits per heavy atom. The molecule has 0 aliphatic carbocycles. The standard InChI is InChI=1S/C20H41N5/c1-15(2)11-24-9-7-8-18(13-24)10-22-20(21-6)23-19-14-25(16(3)4)12-17(19)5/h15-19H,7-14H2,1-6H3,(H2,21,22,23). The minimum atomic E-state index is 0.498. The van der Waals surface area contributed by atoms with Crippen LogP contribution in [-0.4, -0.2) is 74.2 Å². The number of guanidine groups is 1. The number of aliphatic imine (C=N–C) groups is 1. The number of hydrogen-bond acceptors (Lipinski definition) is 3. The molecule has 0 aromatic rings. The van der Waals surface area contributed by atoms with E-state index in [1.165, 1.54) is 39.0 Å². The Morgan fingerprint density at radius 1 is 1.16 bits per heavy atom. The molecule has 2 heterocycles. The maximum atomic E-state index is 4.47. The van der Waals surface area contributed by atoms with Gasteiger partial charge in [-0.2, -0.15) is 0 Å². The van der Waals surface area contributed by atoms with Gasteiger partial charge in [0, 0.05) is 51.9 Å². The molecule has 0 aromatic carbocycles. The number of nitrogens with one attached hydrogen (secondary N) is 2. The summed E-state index contributed by atoms with van der Waals surface area (Å²) < 4.78 is 0. The molecule has 2 aliphatic rings. The molecule has 0 spiro atoms. The van der Waals surface area contributed by atoms with Gasteiger partial charge in [0.1, 0.15) is 0 Å². The SMILES string of the molecule is CN=C(NCC1CCCN(CC(C)C)C1)NC1CN(C(C)C)CC1C. The Bertz CT molecular complexity index is 420. The predicted octanol–water partition coefficient (Wildman–Crippen LogP) is 2.25. The maximum Gasteiger partial charge on any atom is 0.191 e. The Balaban J connectivity index is 1.77. The quantitative estimate of drug-likeness (QED) is 0.569. The second-order valence-corrected chi connectivity index (χ2v) is 8.89. The van der Waals surface area contributed by atoms with E-state index in [2.05, 4.69) is 60.0 Å². The van der Waals surface area contributed by atoms with Crippen molar-refractivity contribution in [3.8, 4) is 0 Å². The molecule has 5 heteroatoms. The molecule has 146 valence electrons. The highest BCUT2D eigenvalue weighted by Crippen LogP contribution is 2.19. The third-order valence-electron chi connectivity index (χ3n) is 5.70. The molecule has 0 saturated carbocycles. The van der Waals surface area contributed by atoms with Crippen LogP contribution in [0, 0.1) is 17.8 Å². The largest absolute Gasteiger partial charge is 0.356 e. The first-order chi connectivity index (χ1) is 11.9. The van der Waals surface area contributed by atoms with Crippen LogP contribution in [-0.2, 0) is 0 Å². The smallest absolute Gasteiger partial charge is 0.191 e. The van der Waals surface area contributed by atoms with Crippen LogP contribution in [0.5, 0.6) is 0 Å². The molecule has 5 nitrogen and oxygen atoms in total. The Morgan fingerprint density at radius 3 is 2.52 bits per heavy atom. The van der Waals surface area contributed by atoms with Crippen molar-refractivity contribution in [3.63, 3.8) is 0 Å². The third kappa shape index (κ3) is 6.45. The van der Waals surface area contributed by atoms with E-state index in [0.717, 1.165) is 30.9 Å². The third-order valence-corrected chi connectivity index (χ3v) is 5.70. The highest BCUT2D eigenvalue weighted by Gasteiger charge is 2.31. The van der Waals surface area contributed by atoms with Gasteiger partial charge in [0.15, 0.2) is 5.96 Å². The molecule has 2 N–H and O–H groups in total. The molecule has 2 fully saturated rings. The van der Waals surface area contributed by atoms with Crippen LogP contribution in [0.3, 0.4) is 0 Å². The van der Waals surface area contributed by atoms with Crippen molar-refractivity contribution in [2.45, 2.75) is 59.5 Å². The zero-order valence-corrected chi connectivity index (χ0v) is 17.4. The molecule has 2 saturated heterocycles. The van der Waals surface area contributed by atoms with E-state index in [1.54, 1.807) is 0 Å². The van der Waals surface area contributed by atoms with Crippen molar-refractivity contribution in [1.29, 1.82) is 0 Å². The van der Waals surface area contributed by atoms with Crippen LogP contribution < -0.4 is 10.6 Å². The fourth-order valence-corrected chi connectivity index (χ4v) is 4.23. The fourth-order valence-electron chi connectivity index (χ4n) is 4.23. The van der Waals surface area contributed by atoms with Gasteiger partial charge in [-0.05, 0) is 51.0 Å². The first-order valence-electron chi connectivity index (χ1n) is 10.3. The minimum absolute atomic E-state index is 0.498. The van der Waals surface area contributed by atoms with Gasteiger partial charge in [-0.25, -0.2) is 0 Å². The Hall–Kier alpha value is -0.810. The van der Waals surface area contributed by atoms with Gasteiger partial charge in [-0.1, -0.05) is 20.8 Å². The van der Waals surface area contributed by atoms with E-state index in [4.69, 9.17) is 0 Å². The van der Waals surface area contributed by atoms with Crippen LogP contribution in [0.1, 0.15) is 47.5 Å². The second kappa shape index (κ2) is 9.77. The topological polar surface area (TPSA) is 42.9 Å². The van der Waals surface area contributed by atoms with E-state index in [0.29, 0.717) is 18.0 Å². The molecule has 0 aromatic heterocycles. The van der Waals surface area contributed by atoms with Crippen molar-refractivity contribution >= 4 is 5.96 Å². The normalized spacial score (nSPS) is 29.6. The van der Waals surface area contributed by atoms with Gasteiger partial charge < -0.3 is 15.5 Å². The highest BCUT2D eigenvalue weighted by atomic mass is 15.3. The number of rotatable bonds is 6. The Kier molecular flexibility index (Phi) is 8.01. The number of hydrogen-bond donors (Lipinski definition) is 2. The van der Waals surface area contributed by atoms with Gasteiger partial charge in [0.25, 0.3) is 0 Å². The van der Waals surface area contributed by atoms with Gasteiger partial charge in [-0.3, -0.25) is 9.89 Å². The molecule has 0 bridgehead atoms. The number of likely N-dealkylation sites (tertiary alicyclic amines) is 2. The molecule has 0 radical (unpaired) electrons. The van der Waals surface area contributed by atoms with E-state index in [-0.39, 0.29) is 0 Å². The average molecular weight is 352 g/mol. The van der Waals surface area contributed by atoms with Crippen LogP contribution in [0.4, 0.5) is 0 Å². The maximum absolute atomic E-state index is 4.47. The first-order valence-corrected chi connectivity index (χ1v) is 10.3. The zero-order chi connectivity index (χ0) is 18.4. The van der Waals surface area contributed by atoms with Gasteiger partial charge in [0.2, 0.25) is 0 Å². The van der Waals surface area contributed by atoms with Crippen molar-refractivity contribution in [2.24, 2.45) is 22.7 Å². The van der Waals surface area contributed by atoms with E-state index < -0.39 is 0 Å². The predicted molar refractivity (Wildman–Crippen MR) is 108 cm³/mol. The Labute approximate surface area is 155 Å². The monoisotopic (exact) mass is 351 g/mol. The molecule has 2 rings (SSSR count). The van der Waals surface area contributed by atoms with Gasteiger partial charge in [0.05, 0.1) is 0 Å². The second-order valence-electron chi connectivity index (χ2n) is 8.89. The summed E-state index contributed by atoms with van der Waals surface area (Å²) in [7, 11) is 1.89. The van der Waals surface area contributed by atoms with E-state index in [9.17, 15) is 0 Å². The summed E-state index contributed by atoms with van der Waals surface area (Å²) in [4.78, 5) is 9.66. The summed E-state index contributed by atoms with van der Waals surface area (Å²) in [6.45, 7) is 18.6. The number of piperidine rings is 1. The lowest BCUT2D eigenvalue weighted by atomic mass is 9.97. The lowest BCUT2D eigenvalue weighted by molar-refractivity contribution is 0.159. The molecular formula is C20H41N5. The van der Waals surface area contributed by atoms with Crippen LogP contribution in [0.25, 0.3) is 0 Å². The average Bonchev–Trinajstić information content (AvgIpc) is 2.92. The van der Waals surface area contributed by atoms with Crippen molar-refractivity contribution in [1.82, 2.24) is 20.4 Å². The van der Waals surface area contributed by atoms with Crippen molar-refractivity contribution in [2.75, 3.05) is 46.3 Å². The van der Waals surface area contributed by atoms with Crippen LogP contribution in [0.2, 0.25) is 0 Å². The summed E-state index contributed by atoms with van der Waals surface area (Å²) in [6, 6.07) is 1.12. The van der Waals surface area contributed by atoms with E-state index in [1.807, 2.05) is 7.05 Å².